The van der Waals surface area contributed by atoms with Crippen molar-refractivity contribution in [3.63, 3.8) is 0 Å². The first kappa shape index (κ1) is 16.2. The third-order valence-electron chi connectivity index (χ3n) is 3.73. The average molecular weight is 290 g/mol. The summed E-state index contributed by atoms with van der Waals surface area (Å²) in [4.78, 5) is 5.57. The van der Waals surface area contributed by atoms with E-state index in [9.17, 15) is 0 Å². The van der Waals surface area contributed by atoms with Crippen molar-refractivity contribution in [3.05, 3.63) is 0 Å². The molecule has 106 valence electrons. The number of rotatable bonds is 7. The minimum atomic E-state index is -0.139. The standard InChI is InChI=1S/C13H27N3S2/c1-4-18-11-5-6-15-7-9-16(10-8-15)13(2,3)12(14)17/h4-11H2,1-3H3,(H2,14,17). The monoisotopic (exact) mass is 289 g/mol. The van der Waals surface area contributed by atoms with Crippen molar-refractivity contribution in [2.75, 3.05) is 44.2 Å². The van der Waals surface area contributed by atoms with Gasteiger partial charge >= 0.3 is 0 Å². The molecule has 5 heteroatoms. The van der Waals surface area contributed by atoms with E-state index in [2.05, 4.69) is 30.6 Å². The molecule has 0 aromatic carbocycles. The molecule has 0 radical (unpaired) electrons. The lowest BCUT2D eigenvalue weighted by molar-refractivity contribution is 0.0863. The number of piperazine rings is 1. The predicted molar refractivity (Wildman–Crippen MR) is 86.5 cm³/mol. The molecule has 0 bridgehead atoms. The Labute approximate surface area is 121 Å². The second kappa shape index (κ2) is 7.68. The van der Waals surface area contributed by atoms with Crippen LogP contribution in [-0.2, 0) is 0 Å². The maximum absolute atomic E-state index is 5.82. The summed E-state index contributed by atoms with van der Waals surface area (Å²) in [6, 6.07) is 0. The Bertz CT molecular complexity index is 261. The highest BCUT2D eigenvalue weighted by molar-refractivity contribution is 7.99. The number of nitrogens with two attached hydrogens (primary N) is 1. The van der Waals surface area contributed by atoms with Crippen LogP contribution in [0.25, 0.3) is 0 Å². The van der Waals surface area contributed by atoms with Gasteiger partial charge in [0.2, 0.25) is 0 Å². The summed E-state index contributed by atoms with van der Waals surface area (Å²) in [6.07, 6.45) is 1.30. The Morgan fingerprint density at radius 2 is 1.89 bits per heavy atom. The molecule has 0 atom stereocenters. The molecule has 1 saturated heterocycles. The van der Waals surface area contributed by atoms with Crippen LogP contribution >= 0.6 is 24.0 Å². The van der Waals surface area contributed by atoms with Crippen LogP contribution in [0.15, 0.2) is 0 Å². The van der Waals surface area contributed by atoms with Crippen molar-refractivity contribution in [1.29, 1.82) is 0 Å². The van der Waals surface area contributed by atoms with E-state index >= 15 is 0 Å². The molecule has 18 heavy (non-hydrogen) atoms. The van der Waals surface area contributed by atoms with Gasteiger partial charge in [0.05, 0.1) is 10.5 Å². The van der Waals surface area contributed by atoms with Crippen LogP contribution in [0.4, 0.5) is 0 Å². The lowest BCUT2D eigenvalue weighted by Crippen LogP contribution is -2.59. The van der Waals surface area contributed by atoms with Crippen LogP contribution in [0.1, 0.15) is 27.2 Å². The van der Waals surface area contributed by atoms with Crippen molar-refractivity contribution in [2.24, 2.45) is 5.73 Å². The molecule has 1 aliphatic heterocycles. The van der Waals surface area contributed by atoms with Gasteiger partial charge in [-0.1, -0.05) is 19.1 Å². The molecule has 1 heterocycles. The summed E-state index contributed by atoms with van der Waals surface area (Å²) in [5, 5.41) is 0. The second-order valence-corrected chi connectivity index (χ2v) is 7.14. The van der Waals surface area contributed by atoms with Gasteiger partial charge in [-0.3, -0.25) is 4.90 Å². The molecule has 0 aromatic rings. The van der Waals surface area contributed by atoms with Gasteiger partial charge < -0.3 is 10.6 Å². The van der Waals surface area contributed by atoms with Gasteiger partial charge in [-0.2, -0.15) is 11.8 Å². The van der Waals surface area contributed by atoms with Gasteiger partial charge in [0, 0.05) is 26.2 Å². The largest absolute Gasteiger partial charge is 0.392 e. The highest BCUT2D eigenvalue weighted by atomic mass is 32.2. The number of hydrogen-bond acceptors (Lipinski definition) is 4. The van der Waals surface area contributed by atoms with Crippen LogP contribution in [0.3, 0.4) is 0 Å². The average Bonchev–Trinajstić information content (AvgIpc) is 2.35. The maximum Gasteiger partial charge on any atom is 0.0928 e. The van der Waals surface area contributed by atoms with Crippen molar-refractivity contribution >= 4 is 29.0 Å². The molecule has 1 fully saturated rings. The zero-order chi connectivity index (χ0) is 13.6. The summed E-state index contributed by atoms with van der Waals surface area (Å²) in [7, 11) is 0. The maximum atomic E-state index is 5.82. The normalized spacial score (nSPS) is 19.1. The topological polar surface area (TPSA) is 32.5 Å². The highest BCUT2D eigenvalue weighted by Gasteiger charge is 2.31. The summed E-state index contributed by atoms with van der Waals surface area (Å²) in [5.74, 6) is 2.52. The molecule has 0 aromatic heterocycles. The summed E-state index contributed by atoms with van der Waals surface area (Å²) >= 11 is 7.20. The van der Waals surface area contributed by atoms with E-state index in [1.165, 1.54) is 24.5 Å². The summed E-state index contributed by atoms with van der Waals surface area (Å²) in [5.41, 5.74) is 5.68. The highest BCUT2D eigenvalue weighted by Crippen LogP contribution is 2.17. The molecule has 3 nitrogen and oxygen atoms in total. The third kappa shape index (κ3) is 4.68. The minimum Gasteiger partial charge on any atom is -0.392 e. The molecule has 0 saturated carbocycles. The van der Waals surface area contributed by atoms with Gasteiger partial charge in [0.25, 0.3) is 0 Å². The van der Waals surface area contributed by atoms with E-state index in [0.29, 0.717) is 4.99 Å². The Morgan fingerprint density at radius 1 is 1.28 bits per heavy atom. The Hall–Kier alpha value is 0.160. The Kier molecular flexibility index (Phi) is 6.92. The molecule has 0 aliphatic carbocycles. The van der Waals surface area contributed by atoms with E-state index in [1.807, 2.05) is 11.8 Å². The SMILES string of the molecule is CCSCCCN1CCN(C(C)(C)C(N)=S)CC1. The van der Waals surface area contributed by atoms with Gasteiger partial charge in [-0.05, 0) is 38.3 Å². The minimum absolute atomic E-state index is 0.139. The van der Waals surface area contributed by atoms with Gasteiger partial charge in [-0.25, -0.2) is 0 Å². The fourth-order valence-electron chi connectivity index (χ4n) is 2.22. The molecule has 0 unspecified atom stereocenters. The van der Waals surface area contributed by atoms with Crippen molar-refractivity contribution in [2.45, 2.75) is 32.7 Å². The van der Waals surface area contributed by atoms with Gasteiger partial charge in [-0.15, -0.1) is 0 Å². The first-order valence-electron chi connectivity index (χ1n) is 6.83. The molecular weight excluding hydrogens is 262 g/mol. The number of hydrogen-bond donors (Lipinski definition) is 1. The lowest BCUT2D eigenvalue weighted by Gasteiger charge is -2.43. The molecular formula is C13H27N3S2. The number of thiocarbonyl (C=S) groups is 1. The van der Waals surface area contributed by atoms with E-state index in [1.54, 1.807) is 0 Å². The molecule has 0 spiro atoms. The second-order valence-electron chi connectivity index (χ2n) is 5.30. The van der Waals surface area contributed by atoms with E-state index in [-0.39, 0.29) is 5.54 Å². The fourth-order valence-corrected chi connectivity index (χ4v) is 2.97. The van der Waals surface area contributed by atoms with Gasteiger partial charge in [0.15, 0.2) is 0 Å². The molecule has 1 aliphatic rings. The quantitative estimate of drug-likeness (QED) is 0.571. The Morgan fingerprint density at radius 3 is 2.39 bits per heavy atom. The van der Waals surface area contributed by atoms with Crippen LogP contribution in [-0.4, -0.2) is 64.6 Å². The van der Waals surface area contributed by atoms with Gasteiger partial charge in [0.1, 0.15) is 0 Å². The zero-order valence-corrected chi connectivity index (χ0v) is 13.6. The smallest absolute Gasteiger partial charge is 0.0928 e. The molecule has 2 N–H and O–H groups in total. The van der Waals surface area contributed by atoms with Crippen LogP contribution in [0, 0.1) is 0 Å². The van der Waals surface area contributed by atoms with Crippen LogP contribution in [0.2, 0.25) is 0 Å². The van der Waals surface area contributed by atoms with Crippen LogP contribution in [0.5, 0.6) is 0 Å². The van der Waals surface area contributed by atoms with E-state index < -0.39 is 0 Å². The van der Waals surface area contributed by atoms with Crippen molar-refractivity contribution < 1.29 is 0 Å². The number of nitrogens with zero attached hydrogens (tertiary/aromatic N) is 2. The molecule has 1 rings (SSSR count). The lowest BCUT2D eigenvalue weighted by atomic mass is 10.0. The Balaban J connectivity index is 2.26. The van der Waals surface area contributed by atoms with Crippen molar-refractivity contribution in [1.82, 2.24) is 9.80 Å². The van der Waals surface area contributed by atoms with E-state index in [4.69, 9.17) is 18.0 Å². The first-order chi connectivity index (χ1) is 8.48. The fraction of sp³-hybridized carbons (Fsp3) is 0.923. The third-order valence-corrected chi connectivity index (χ3v) is 5.22. The predicted octanol–water partition coefficient (Wildman–Crippen LogP) is 1.81. The molecule has 0 amide bonds. The van der Waals surface area contributed by atoms with Crippen LogP contribution < -0.4 is 5.73 Å². The zero-order valence-electron chi connectivity index (χ0n) is 11.9. The first-order valence-corrected chi connectivity index (χ1v) is 8.39. The number of thioether (sulfide) groups is 1. The van der Waals surface area contributed by atoms with E-state index in [0.717, 1.165) is 26.2 Å². The summed E-state index contributed by atoms with van der Waals surface area (Å²) in [6.45, 7) is 12.1. The summed E-state index contributed by atoms with van der Waals surface area (Å²) < 4.78 is 0. The van der Waals surface area contributed by atoms with Crippen molar-refractivity contribution in [3.8, 4) is 0 Å².